The number of hydrogen-bond acceptors (Lipinski definition) is 2. The van der Waals surface area contributed by atoms with Crippen molar-refractivity contribution in [3.63, 3.8) is 0 Å². The Balaban J connectivity index is 2.42. The van der Waals surface area contributed by atoms with Gasteiger partial charge in [0.15, 0.2) is 0 Å². The molecule has 0 aliphatic rings. The zero-order valence-corrected chi connectivity index (χ0v) is 12.1. The van der Waals surface area contributed by atoms with E-state index in [1.165, 1.54) is 10.9 Å². The van der Waals surface area contributed by atoms with Crippen molar-refractivity contribution in [2.45, 2.75) is 32.7 Å². The standard InChI is InChI=1S/C15H23N3/c1-15(2,3)13-6-8-16-14-12(13)7-9-18(14)11-10-17(4)5/h6-9H,10-11H2,1-5H3. The highest BCUT2D eigenvalue weighted by molar-refractivity contribution is 5.81. The van der Waals surface area contributed by atoms with Gasteiger partial charge in [-0.2, -0.15) is 0 Å². The molecule has 3 heteroatoms. The molecule has 0 spiro atoms. The molecule has 98 valence electrons. The van der Waals surface area contributed by atoms with Crippen LogP contribution in [0.3, 0.4) is 0 Å². The fraction of sp³-hybridized carbons (Fsp3) is 0.533. The van der Waals surface area contributed by atoms with Crippen LogP contribution in [0, 0.1) is 0 Å². The summed E-state index contributed by atoms with van der Waals surface area (Å²) in [5.41, 5.74) is 2.63. The van der Waals surface area contributed by atoms with Crippen LogP contribution in [0.15, 0.2) is 24.5 Å². The van der Waals surface area contributed by atoms with Gasteiger partial charge < -0.3 is 9.47 Å². The van der Waals surface area contributed by atoms with Crippen molar-refractivity contribution in [3.05, 3.63) is 30.1 Å². The summed E-state index contributed by atoms with van der Waals surface area (Å²) in [6, 6.07) is 4.33. The van der Waals surface area contributed by atoms with Gasteiger partial charge in [-0.25, -0.2) is 4.98 Å². The van der Waals surface area contributed by atoms with Crippen molar-refractivity contribution in [2.24, 2.45) is 0 Å². The smallest absolute Gasteiger partial charge is 0.140 e. The number of aromatic nitrogens is 2. The zero-order valence-electron chi connectivity index (χ0n) is 12.1. The average molecular weight is 245 g/mol. The van der Waals surface area contributed by atoms with Crippen LogP contribution in [0.5, 0.6) is 0 Å². The van der Waals surface area contributed by atoms with Crippen molar-refractivity contribution in [1.82, 2.24) is 14.5 Å². The van der Waals surface area contributed by atoms with Crippen LogP contribution in [-0.2, 0) is 12.0 Å². The second kappa shape index (κ2) is 4.73. The Kier molecular flexibility index (Phi) is 3.44. The van der Waals surface area contributed by atoms with Crippen molar-refractivity contribution in [1.29, 1.82) is 0 Å². The molecule has 2 rings (SSSR count). The van der Waals surface area contributed by atoms with Crippen LogP contribution in [-0.4, -0.2) is 35.1 Å². The van der Waals surface area contributed by atoms with Gasteiger partial charge in [0, 0.05) is 30.9 Å². The molecule has 0 amide bonds. The first-order chi connectivity index (χ1) is 8.39. The lowest BCUT2D eigenvalue weighted by atomic mass is 9.86. The maximum atomic E-state index is 4.54. The molecule has 0 fully saturated rings. The zero-order chi connectivity index (χ0) is 13.3. The molecule has 0 saturated carbocycles. The van der Waals surface area contributed by atoms with Gasteiger partial charge in [0.25, 0.3) is 0 Å². The molecule has 0 saturated heterocycles. The molecule has 2 heterocycles. The predicted molar refractivity (Wildman–Crippen MR) is 77.0 cm³/mol. The minimum absolute atomic E-state index is 0.162. The summed E-state index contributed by atoms with van der Waals surface area (Å²) in [6.45, 7) is 8.76. The Morgan fingerprint density at radius 1 is 1.22 bits per heavy atom. The van der Waals surface area contributed by atoms with Crippen LogP contribution in [0.25, 0.3) is 11.0 Å². The first-order valence-corrected chi connectivity index (χ1v) is 6.48. The fourth-order valence-corrected chi connectivity index (χ4v) is 2.23. The van der Waals surface area contributed by atoms with Crippen molar-refractivity contribution in [3.8, 4) is 0 Å². The molecular formula is C15H23N3. The van der Waals surface area contributed by atoms with Gasteiger partial charge in [-0.1, -0.05) is 20.8 Å². The monoisotopic (exact) mass is 245 g/mol. The molecule has 0 aliphatic heterocycles. The second-order valence-electron chi connectivity index (χ2n) is 6.16. The largest absolute Gasteiger partial charge is 0.331 e. The molecular weight excluding hydrogens is 222 g/mol. The summed E-state index contributed by atoms with van der Waals surface area (Å²) >= 11 is 0. The summed E-state index contributed by atoms with van der Waals surface area (Å²) in [4.78, 5) is 6.73. The number of rotatable bonds is 3. The highest BCUT2D eigenvalue weighted by Crippen LogP contribution is 2.29. The molecule has 0 atom stereocenters. The maximum Gasteiger partial charge on any atom is 0.140 e. The Bertz CT molecular complexity index is 532. The van der Waals surface area contributed by atoms with E-state index in [9.17, 15) is 0 Å². The molecule has 3 nitrogen and oxygen atoms in total. The third-order valence-electron chi connectivity index (χ3n) is 3.26. The van der Waals surface area contributed by atoms with E-state index in [-0.39, 0.29) is 5.41 Å². The minimum atomic E-state index is 0.162. The van der Waals surface area contributed by atoms with Crippen molar-refractivity contribution in [2.75, 3.05) is 20.6 Å². The molecule has 2 aromatic rings. The van der Waals surface area contributed by atoms with E-state index in [0.29, 0.717) is 0 Å². The SMILES string of the molecule is CN(C)CCn1ccc2c(C(C)(C)C)ccnc21. The molecule has 0 aromatic carbocycles. The second-order valence-corrected chi connectivity index (χ2v) is 6.16. The first-order valence-electron chi connectivity index (χ1n) is 6.48. The molecule has 0 bridgehead atoms. The highest BCUT2D eigenvalue weighted by Gasteiger charge is 2.18. The Morgan fingerprint density at radius 3 is 2.56 bits per heavy atom. The normalized spacial score (nSPS) is 12.6. The molecule has 18 heavy (non-hydrogen) atoms. The molecule has 0 radical (unpaired) electrons. The van der Waals surface area contributed by atoms with Crippen molar-refractivity contribution >= 4 is 11.0 Å². The van der Waals surface area contributed by atoms with E-state index in [1.807, 2.05) is 6.20 Å². The number of fused-ring (bicyclic) bond motifs is 1. The van der Waals surface area contributed by atoms with E-state index < -0.39 is 0 Å². The lowest BCUT2D eigenvalue weighted by Crippen LogP contribution is -2.18. The van der Waals surface area contributed by atoms with Gasteiger partial charge in [0.1, 0.15) is 5.65 Å². The number of hydrogen-bond donors (Lipinski definition) is 0. The maximum absolute atomic E-state index is 4.54. The van der Waals surface area contributed by atoms with E-state index >= 15 is 0 Å². The third-order valence-corrected chi connectivity index (χ3v) is 3.26. The van der Waals surface area contributed by atoms with Crippen LogP contribution < -0.4 is 0 Å². The molecule has 0 aliphatic carbocycles. The lowest BCUT2D eigenvalue weighted by Gasteiger charge is -2.20. The van der Waals surface area contributed by atoms with Crippen LogP contribution in [0.4, 0.5) is 0 Å². The molecule has 0 unspecified atom stereocenters. The number of nitrogens with zero attached hydrogens (tertiary/aromatic N) is 3. The number of pyridine rings is 1. The molecule has 0 N–H and O–H groups in total. The van der Waals surface area contributed by atoms with E-state index in [1.54, 1.807) is 0 Å². The van der Waals surface area contributed by atoms with Gasteiger partial charge in [-0.15, -0.1) is 0 Å². The van der Waals surface area contributed by atoms with Gasteiger partial charge in [-0.05, 0) is 37.2 Å². The summed E-state index contributed by atoms with van der Waals surface area (Å²) in [5.74, 6) is 0. The summed E-state index contributed by atoms with van der Waals surface area (Å²) in [6.07, 6.45) is 4.07. The fourth-order valence-electron chi connectivity index (χ4n) is 2.23. The predicted octanol–water partition coefficient (Wildman–Crippen LogP) is 2.90. The van der Waals surface area contributed by atoms with Crippen molar-refractivity contribution < 1.29 is 0 Å². The summed E-state index contributed by atoms with van der Waals surface area (Å²) in [5, 5.41) is 1.28. The van der Waals surface area contributed by atoms with Gasteiger partial charge in [0.05, 0.1) is 0 Å². The van der Waals surface area contributed by atoms with Crippen LogP contribution in [0.1, 0.15) is 26.3 Å². The molecule has 2 aromatic heterocycles. The lowest BCUT2D eigenvalue weighted by molar-refractivity contribution is 0.386. The van der Waals surface area contributed by atoms with Gasteiger partial charge in [0.2, 0.25) is 0 Å². The van der Waals surface area contributed by atoms with Crippen LogP contribution >= 0.6 is 0 Å². The quantitative estimate of drug-likeness (QED) is 0.829. The highest BCUT2D eigenvalue weighted by atomic mass is 15.1. The Labute approximate surface area is 109 Å². The minimum Gasteiger partial charge on any atom is -0.331 e. The van der Waals surface area contributed by atoms with Crippen LogP contribution in [0.2, 0.25) is 0 Å². The Morgan fingerprint density at radius 2 is 1.94 bits per heavy atom. The van der Waals surface area contributed by atoms with Gasteiger partial charge >= 0.3 is 0 Å². The number of likely N-dealkylation sites (N-methyl/N-ethyl adjacent to an activating group) is 1. The summed E-state index contributed by atoms with van der Waals surface area (Å²) < 4.78 is 2.24. The van der Waals surface area contributed by atoms with E-state index in [0.717, 1.165) is 18.7 Å². The Hall–Kier alpha value is -1.35. The summed E-state index contributed by atoms with van der Waals surface area (Å²) in [7, 11) is 4.19. The topological polar surface area (TPSA) is 21.1 Å². The third kappa shape index (κ3) is 2.56. The van der Waals surface area contributed by atoms with E-state index in [4.69, 9.17) is 0 Å². The average Bonchev–Trinajstić information content (AvgIpc) is 2.67. The first kappa shape index (κ1) is 13.1. The van der Waals surface area contributed by atoms with Gasteiger partial charge in [-0.3, -0.25) is 0 Å². The van der Waals surface area contributed by atoms with E-state index in [2.05, 4.69) is 67.6 Å².